The maximum atomic E-state index is 12.6. The zero-order valence-corrected chi connectivity index (χ0v) is 15.1. The number of halogens is 1. The van der Waals surface area contributed by atoms with Crippen LogP contribution in [-0.4, -0.2) is 22.8 Å². The standard InChI is InChI=1S/C17H16ClN3O3S/c1-9(2)14(20-15(22)12-4-3-7-24-12)16(23)21-17-19-11-6-5-10(18)8-13(11)25-17/h3-9,14H,1-2H3,(H,20,22)(H,19,21,23)/t14-/m0/s1. The summed E-state index contributed by atoms with van der Waals surface area (Å²) >= 11 is 7.29. The Kier molecular flexibility index (Phi) is 5.06. The first-order valence-corrected chi connectivity index (χ1v) is 8.85. The van der Waals surface area contributed by atoms with E-state index in [1.54, 1.807) is 30.3 Å². The fraction of sp³-hybridized carbons (Fsp3) is 0.235. The number of amides is 2. The second kappa shape index (κ2) is 7.25. The molecule has 25 heavy (non-hydrogen) atoms. The van der Waals surface area contributed by atoms with Crippen LogP contribution in [0.2, 0.25) is 5.02 Å². The van der Waals surface area contributed by atoms with Crippen LogP contribution < -0.4 is 10.6 Å². The summed E-state index contributed by atoms with van der Waals surface area (Å²) in [4.78, 5) is 29.1. The number of benzene rings is 1. The normalized spacial score (nSPS) is 12.3. The van der Waals surface area contributed by atoms with Gasteiger partial charge in [-0.1, -0.05) is 36.8 Å². The monoisotopic (exact) mass is 377 g/mol. The van der Waals surface area contributed by atoms with Gasteiger partial charge in [0.25, 0.3) is 5.91 Å². The molecule has 0 spiro atoms. The topological polar surface area (TPSA) is 84.2 Å². The van der Waals surface area contributed by atoms with Crippen molar-refractivity contribution >= 4 is 50.1 Å². The molecule has 0 aliphatic rings. The lowest BCUT2D eigenvalue weighted by Gasteiger charge is -2.20. The minimum Gasteiger partial charge on any atom is -0.459 e. The van der Waals surface area contributed by atoms with E-state index in [4.69, 9.17) is 16.0 Å². The number of carbonyl (C=O) groups is 2. The van der Waals surface area contributed by atoms with Gasteiger partial charge in [0.05, 0.1) is 16.5 Å². The summed E-state index contributed by atoms with van der Waals surface area (Å²) in [5, 5.41) is 6.53. The minimum absolute atomic E-state index is 0.109. The van der Waals surface area contributed by atoms with Crippen molar-refractivity contribution in [2.45, 2.75) is 19.9 Å². The Hall–Kier alpha value is -2.38. The van der Waals surface area contributed by atoms with E-state index in [9.17, 15) is 9.59 Å². The van der Waals surface area contributed by atoms with Gasteiger partial charge in [-0.15, -0.1) is 0 Å². The Morgan fingerprint density at radius 3 is 2.76 bits per heavy atom. The molecule has 2 amide bonds. The Morgan fingerprint density at radius 2 is 2.08 bits per heavy atom. The van der Waals surface area contributed by atoms with Crippen LogP contribution in [-0.2, 0) is 4.79 Å². The molecule has 8 heteroatoms. The molecule has 0 bridgehead atoms. The highest BCUT2D eigenvalue weighted by molar-refractivity contribution is 7.22. The molecule has 2 heterocycles. The van der Waals surface area contributed by atoms with Crippen molar-refractivity contribution < 1.29 is 14.0 Å². The van der Waals surface area contributed by atoms with Crippen LogP contribution in [0.4, 0.5) is 5.13 Å². The number of nitrogens with one attached hydrogen (secondary N) is 2. The van der Waals surface area contributed by atoms with E-state index in [0.717, 1.165) is 10.2 Å². The number of hydrogen-bond acceptors (Lipinski definition) is 5. The smallest absolute Gasteiger partial charge is 0.287 e. The Bertz CT molecular complexity index is 905. The minimum atomic E-state index is -0.715. The summed E-state index contributed by atoms with van der Waals surface area (Å²) in [6, 6.07) is 7.78. The van der Waals surface area contributed by atoms with Gasteiger partial charge in [0.2, 0.25) is 5.91 Å². The first-order valence-electron chi connectivity index (χ1n) is 7.65. The molecule has 0 saturated heterocycles. The summed E-state index contributed by atoms with van der Waals surface area (Å²) < 4.78 is 5.94. The third-order valence-electron chi connectivity index (χ3n) is 3.56. The van der Waals surface area contributed by atoms with E-state index in [1.165, 1.54) is 17.6 Å². The molecular formula is C17H16ClN3O3S. The van der Waals surface area contributed by atoms with Crippen molar-refractivity contribution in [2.75, 3.05) is 5.32 Å². The number of nitrogens with zero attached hydrogens (tertiary/aromatic N) is 1. The van der Waals surface area contributed by atoms with Gasteiger partial charge < -0.3 is 15.1 Å². The zero-order valence-electron chi connectivity index (χ0n) is 13.6. The fourth-order valence-corrected chi connectivity index (χ4v) is 3.44. The van der Waals surface area contributed by atoms with Crippen molar-refractivity contribution in [1.29, 1.82) is 0 Å². The van der Waals surface area contributed by atoms with Crippen molar-refractivity contribution in [3.05, 3.63) is 47.4 Å². The van der Waals surface area contributed by atoms with Gasteiger partial charge in [-0.25, -0.2) is 4.98 Å². The van der Waals surface area contributed by atoms with Crippen LogP contribution in [0.15, 0.2) is 41.0 Å². The lowest BCUT2D eigenvalue weighted by molar-refractivity contribution is -0.118. The van der Waals surface area contributed by atoms with E-state index in [2.05, 4.69) is 15.6 Å². The van der Waals surface area contributed by atoms with Crippen LogP contribution in [0.5, 0.6) is 0 Å². The first-order chi connectivity index (χ1) is 11.9. The number of hydrogen-bond donors (Lipinski definition) is 2. The number of rotatable bonds is 5. The largest absolute Gasteiger partial charge is 0.459 e. The van der Waals surface area contributed by atoms with Crippen molar-refractivity contribution in [1.82, 2.24) is 10.3 Å². The Morgan fingerprint density at radius 1 is 1.28 bits per heavy atom. The van der Waals surface area contributed by atoms with Gasteiger partial charge in [0, 0.05) is 5.02 Å². The Balaban J connectivity index is 1.74. The van der Waals surface area contributed by atoms with Crippen molar-refractivity contribution in [2.24, 2.45) is 5.92 Å². The predicted octanol–water partition coefficient (Wildman–Crippen LogP) is 3.94. The van der Waals surface area contributed by atoms with Gasteiger partial charge in [-0.2, -0.15) is 0 Å². The van der Waals surface area contributed by atoms with E-state index < -0.39 is 11.9 Å². The second-order valence-corrected chi connectivity index (χ2v) is 7.26. The molecule has 0 fully saturated rings. The molecule has 6 nitrogen and oxygen atoms in total. The van der Waals surface area contributed by atoms with Crippen LogP contribution in [0.25, 0.3) is 10.2 Å². The third kappa shape index (κ3) is 4.00. The number of anilines is 1. The quantitative estimate of drug-likeness (QED) is 0.705. The lowest BCUT2D eigenvalue weighted by Crippen LogP contribution is -2.47. The molecule has 0 saturated carbocycles. The SMILES string of the molecule is CC(C)[C@H](NC(=O)c1ccco1)C(=O)Nc1nc2ccc(Cl)cc2s1. The highest BCUT2D eigenvalue weighted by Crippen LogP contribution is 2.28. The summed E-state index contributed by atoms with van der Waals surface area (Å²) in [6.07, 6.45) is 1.41. The van der Waals surface area contributed by atoms with Crippen LogP contribution in [0, 0.1) is 5.92 Å². The molecule has 130 valence electrons. The molecule has 3 rings (SSSR count). The highest BCUT2D eigenvalue weighted by Gasteiger charge is 2.26. The van der Waals surface area contributed by atoms with Crippen LogP contribution >= 0.6 is 22.9 Å². The highest BCUT2D eigenvalue weighted by atomic mass is 35.5. The number of furan rings is 1. The van der Waals surface area contributed by atoms with E-state index in [0.29, 0.717) is 10.2 Å². The van der Waals surface area contributed by atoms with E-state index in [-0.39, 0.29) is 17.6 Å². The van der Waals surface area contributed by atoms with E-state index in [1.807, 2.05) is 13.8 Å². The van der Waals surface area contributed by atoms with Crippen LogP contribution in [0.1, 0.15) is 24.4 Å². The number of carbonyl (C=O) groups excluding carboxylic acids is 2. The van der Waals surface area contributed by atoms with Gasteiger partial charge >= 0.3 is 0 Å². The molecule has 2 N–H and O–H groups in total. The maximum Gasteiger partial charge on any atom is 0.287 e. The molecule has 1 atom stereocenters. The third-order valence-corrected chi connectivity index (χ3v) is 4.73. The summed E-state index contributed by atoms with van der Waals surface area (Å²) in [7, 11) is 0. The predicted molar refractivity (Wildman–Crippen MR) is 98.1 cm³/mol. The first kappa shape index (κ1) is 17.4. The average molecular weight is 378 g/mol. The molecular weight excluding hydrogens is 362 g/mol. The van der Waals surface area contributed by atoms with Gasteiger partial charge in [0.1, 0.15) is 6.04 Å². The van der Waals surface area contributed by atoms with Crippen molar-refractivity contribution in [3.63, 3.8) is 0 Å². The van der Waals surface area contributed by atoms with Gasteiger partial charge in [-0.3, -0.25) is 9.59 Å². The van der Waals surface area contributed by atoms with Crippen LogP contribution in [0.3, 0.4) is 0 Å². The number of aromatic nitrogens is 1. The summed E-state index contributed by atoms with van der Waals surface area (Å²) in [5.74, 6) is -0.717. The molecule has 0 radical (unpaired) electrons. The summed E-state index contributed by atoms with van der Waals surface area (Å²) in [6.45, 7) is 3.70. The second-order valence-electron chi connectivity index (χ2n) is 5.79. The Labute approximate surface area is 153 Å². The lowest BCUT2D eigenvalue weighted by atomic mass is 10.0. The molecule has 0 aliphatic heterocycles. The number of fused-ring (bicyclic) bond motifs is 1. The van der Waals surface area contributed by atoms with Gasteiger partial charge in [-0.05, 0) is 36.2 Å². The molecule has 2 aromatic heterocycles. The van der Waals surface area contributed by atoms with Gasteiger partial charge in [0.15, 0.2) is 10.9 Å². The average Bonchev–Trinajstić information content (AvgIpc) is 3.20. The van der Waals surface area contributed by atoms with Crippen molar-refractivity contribution in [3.8, 4) is 0 Å². The summed E-state index contributed by atoms with van der Waals surface area (Å²) in [5.41, 5.74) is 0.755. The molecule has 1 aromatic carbocycles. The zero-order chi connectivity index (χ0) is 18.0. The number of thiazole rings is 1. The fourth-order valence-electron chi connectivity index (χ4n) is 2.29. The molecule has 0 unspecified atom stereocenters. The maximum absolute atomic E-state index is 12.6. The van der Waals surface area contributed by atoms with E-state index >= 15 is 0 Å². The molecule has 0 aliphatic carbocycles. The molecule has 3 aromatic rings.